The van der Waals surface area contributed by atoms with Crippen LogP contribution >= 0.6 is 0 Å². The van der Waals surface area contributed by atoms with E-state index < -0.39 is 11.7 Å². The number of aromatic nitrogens is 4. The number of nitrogen functional groups attached to an aromatic ring is 1. The van der Waals surface area contributed by atoms with Gasteiger partial charge in [0.1, 0.15) is 18.1 Å². The molecule has 3 heterocycles. The van der Waals surface area contributed by atoms with Crippen molar-refractivity contribution in [3.05, 3.63) is 54.7 Å². The number of furan rings is 1. The van der Waals surface area contributed by atoms with Gasteiger partial charge in [0.2, 0.25) is 11.9 Å². The van der Waals surface area contributed by atoms with Gasteiger partial charge in [-0.15, -0.1) is 0 Å². The summed E-state index contributed by atoms with van der Waals surface area (Å²) in [6.45, 7) is -0.161. The molecular weight excluding hydrogens is 339 g/mol. The number of hydrogen-bond acceptors (Lipinski definition) is 6. The molecule has 0 atom stereocenters. The number of carbonyl (C=O) groups is 1. The van der Waals surface area contributed by atoms with Crippen LogP contribution in [0.2, 0.25) is 0 Å². The van der Waals surface area contributed by atoms with Crippen LogP contribution in [-0.2, 0) is 11.3 Å². The Labute approximate surface area is 146 Å². The maximum Gasteiger partial charge on any atom is 0.246 e. The van der Waals surface area contributed by atoms with Gasteiger partial charge < -0.3 is 15.5 Å². The molecule has 3 N–H and O–H groups in total. The van der Waals surface area contributed by atoms with Gasteiger partial charge in [0, 0.05) is 0 Å². The zero-order valence-corrected chi connectivity index (χ0v) is 13.4. The summed E-state index contributed by atoms with van der Waals surface area (Å²) >= 11 is 0. The van der Waals surface area contributed by atoms with E-state index in [2.05, 4.69) is 20.4 Å². The number of para-hydroxylation sites is 1. The lowest BCUT2D eigenvalue weighted by atomic mass is 10.2. The lowest BCUT2D eigenvalue weighted by Gasteiger charge is -2.07. The van der Waals surface area contributed by atoms with E-state index in [0.717, 1.165) is 0 Å². The second-order valence-electron chi connectivity index (χ2n) is 5.48. The lowest BCUT2D eigenvalue weighted by molar-refractivity contribution is -0.116. The minimum absolute atomic E-state index is 0.0279. The summed E-state index contributed by atoms with van der Waals surface area (Å²) < 4.78 is 20.4. The fourth-order valence-electron chi connectivity index (χ4n) is 2.58. The van der Waals surface area contributed by atoms with Crippen LogP contribution in [0.5, 0.6) is 0 Å². The van der Waals surface area contributed by atoms with Crippen molar-refractivity contribution in [2.75, 3.05) is 11.1 Å². The molecule has 8 nitrogen and oxygen atoms in total. The summed E-state index contributed by atoms with van der Waals surface area (Å²) in [5.41, 5.74) is 6.74. The number of amides is 1. The van der Waals surface area contributed by atoms with E-state index in [1.807, 2.05) is 0 Å². The van der Waals surface area contributed by atoms with Gasteiger partial charge in [0.25, 0.3) is 0 Å². The maximum atomic E-state index is 13.7. The number of halogens is 1. The standard InChI is InChI=1S/C17H13FN6O2/c18-11-4-1-2-5-12(11)21-14(25)9-24-16-10(8-20-24)15(22-17(19)23-16)13-6-3-7-26-13/h1-8H,9H2,(H,21,25)(H2,19,22,23). The number of rotatable bonds is 4. The highest BCUT2D eigenvalue weighted by Crippen LogP contribution is 2.26. The molecule has 4 rings (SSSR count). The number of anilines is 2. The van der Waals surface area contributed by atoms with Crippen molar-refractivity contribution >= 4 is 28.6 Å². The number of benzene rings is 1. The van der Waals surface area contributed by atoms with Gasteiger partial charge in [0.15, 0.2) is 11.4 Å². The first-order valence-electron chi connectivity index (χ1n) is 7.69. The lowest BCUT2D eigenvalue weighted by Crippen LogP contribution is -2.20. The van der Waals surface area contributed by atoms with Gasteiger partial charge in [-0.1, -0.05) is 12.1 Å². The quantitative estimate of drug-likeness (QED) is 0.583. The summed E-state index contributed by atoms with van der Waals surface area (Å²) in [6, 6.07) is 9.38. The van der Waals surface area contributed by atoms with E-state index in [-0.39, 0.29) is 18.2 Å². The number of nitrogens with zero attached hydrogens (tertiary/aromatic N) is 4. The molecule has 4 aromatic rings. The Morgan fingerprint density at radius 3 is 2.85 bits per heavy atom. The highest BCUT2D eigenvalue weighted by molar-refractivity contribution is 5.93. The van der Waals surface area contributed by atoms with Gasteiger partial charge in [-0.2, -0.15) is 10.1 Å². The van der Waals surface area contributed by atoms with E-state index >= 15 is 0 Å². The van der Waals surface area contributed by atoms with Crippen molar-refractivity contribution in [1.29, 1.82) is 0 Å². The van der Waals surface area contributed by atoms with E-state index in [4.69, 9.17) is 10.2 Å². The fraction of sp³-hybridized carbons (Fsp3) is 0.0588. The Balaban J connectivity index is 1.65. The monoisotopic (exact) mass is 352 g/mol. The predicted octanol–water partition coefficient (Wildman–Crippen LogP) is 2.45. The van der Waals surface area contributed by atoms with Gasteiger partial charge in [-0.25, -0.2) is 14.1 Å². The summed E-state index contributed by atoms with van der Waals surface area (Å²) in [5.74, 6) is -0.422. The van der Waals surface area contributed by atoms with Crippen LogP contribution in [0.1, 0.15) is 0 Å². The number of fused-ring (bicyclic) bond motifs is 1. The Morgan fingerprint density at radius 1 is 1.23 bits per heavy atom. The minimum Gasteiger partial charge on any atom is -0.463 e. The van der Waals surface area contributed by atoms with Crippen molar-refractivity contribution in [3.8, 4) is 11.5 Å². The largest absolute Gasteiger partial charge is 0.463 e. The highest BCUT2D eigenvalue weighted by Gasteiger charge is 2.17. The van der Waals surface area contributed by atoms with Crippen molar-refractivity contribution in [2.45, 2.75) is 6.54 Å². The molecule has 0 saturated carbocycles. The summed E-state index contributed by atoms with van der Waals surface area (Å²) in [5, 5.41) is 7.27. The van der Waals surface area contributed by atoms with Crippen molar-refractivity contribution < 1.29 is 13.6 Å². The van der Waals surface area contributed by atoms with Gasteiger partial charge >= 0.3 is 0 Å². The first-order valence-corrected chi connectivity index (χ1v) is 7.69. The Morgan fingerprint density at radius 2 is 2.08 bits per heavy atom. The average molecular weight is 352 g/mol. The van der Waals surface area contributed by atoms with Gasteiger partial charge in [-0.3, -0.25) is 4.79 Å². The fourth-order valence-corrected chi connectivity index (χ4v) is 2.58. The molecule has 0 radical (unpaired) electrons. The van der Waals surface area contributed by atoms with Crippen molar-refractivity contribution in [2.24, 2.45) is 0 Å². The maximum absolute atomic E-state index is 13.7. The molecule has 26 heavy (non-hydrogen) atoms. The molecule has 130 valence electrons. The third kappa shape index (κ3) is 2.86. The average Bonchev–Trinajstić information content (AvgIpc) is 3.27. The Kier molecular flexibility index (Phi) is 3.81. The summed E-state index contributed by atoms with van der Waals surface area (Å²) in [4.78, 5) is 20.6. The molecule has 1 aromatic carbocycles. The normalized spacial score (nSPS) is 11.0. The molecule has 0 aliphatic rings. The molecular formula is C17H13FN6O2. The van der Waals surface area contributed by atoms with Crippen LogP contribution in [-0.4, -0.2) is 25.7 Å². The summed E-state index contributed by atoms with van der Waals surface area (Å²) in [6.07, 6.45) is 3.05. The van der Waals surface area contributed by atoms with E-state index in [0.29, 0.717) is 22.5 Å². The molecule has 0 bridgehead atoms. The molecule has 0 aliphatic heterocycles. The topological polar surface area (TPSA) is 112 Å². The molecule has 0 unspecified atom stereocenters. The second kappa shape index (κ2) is 6.28. The summed E-state index contributed by atoms with van der Waals surface area (Å²) in [7, 11) is 0. The molecule has 0 spiro atoms. The molecule has 0 aliphatic carbocycles. The Bertz CT molecular complexity index is 1090. The third-order valence-electron chi connectivity index (χ3n) is 3.71. The smallest absolute Gasteiger partial charge is 0.246 e. The van der Waals surface area contributed by atoms with Crippen LogP contribution in [0.3, 0.4) is 0 Å². The number of nitrogens with one attached hydrogen (secondary N) is 1. The Hall–Kier alpha value is -3.75. The molecule has 3 aromatic heterocycles. The van der Waals surface area contributed by atoms with Crippen molar-refractivity contribution in [3.63, 3.8) is 0 Å². The zero-order valence-electron chi connectivity index (χ0n) is 13.4. The van der Waals surface area contributed by atoms with Crippen LogP contribution in [0.4, 0.5) is 16.0 Å². The van der Waals surface area contributed by atoms with Gasteiger partial charge in [0.05, 0.1) is 23.5 Å². The van der Waals surface area contributed by atoms with E-state index in [1.165, 1.54) is 29.3 Å². The van der Waals surface area contributed by atoms with Crippen LogP contribution in [0.15, 0.2) is 53.3 Å². The molecule has 9 heteroatoms. The second-order valence-corrected chi connectivity index (χ2v) is 5.48. The first kappa shape index (κ1) is 15.8. The van der Waals surface area contributed by atoms with Crippen LogP contribution < -0.4 is 11.1 Å². The third-order valence-corrected chi connectivity index (χ3v) is 3.71. The number of nitrogens with two attached hydrogens (primary N) is 1. The number of hydrogen-bond donors (Lipinski definition) is 2. The minimum atomic E-state index is -0.516. The predicted molar refractivity (Wildman–Crippen MR) is 92.5 cm³/mol. The van der Waals surface area contributed by atoms with E-state index in [9.17, 15) is 9.18 Å². The number of carbonyl (C=O) groups excluding carboxylic acids is 1. The van der Waals surface area contributed by atoms with Gasteiger partial charge in [-0.05, 0) is 24.3 Å². The molecule has 1 amide bonds. The molecule has 0 fully saturated rings. The van der Waals surface area contributed by atoms with Crippen molar-refractivity contribution in [1.82, 2.24) is 19.7 Å². The van der Waals surface area contributed by atoms with Crippen LogP contribution in [0.25, 0.3) is 22.5 Å². The van der Waals surface area contributed by atoms with E-state index in [1.54, 1.807) is 24.3 Å². The molecule has 0 saturated heterocycles. The SMILES string of the molecule is Nc1nc(-c2ccco2)c2cnn(CC(=O)Nc3ccccc3F)c2n1. The highest BCUT2D eigenvalue weighted by atomic mass is 19.1. The zero-order chi connectivity index (χ0) is 18.1. The first-order chi connectivity index (χ1) is 12.6. The van der Waals surface area contributed by atoms with Crippen LogP contribution in [0, 0.1) is 5.82 Å².